The zero-order chi connectivity index (χ0) is 15.1. The molecule has 0 atom stereocenters. The van der Waals surface area contributed by atoms with Crippen LogP contribution in [0.2, 0.25) is 0 Å². The second-order valence-corrected chi connectivity index (χ2v) is 4.33. The van der Waals surface area contributed by atoms with Crippen molar-refractivity contribution in [3.8, 4) is 11.5 Å². The Balaban J connectivity index is 1.85. The number of benzene rings is 1. The summed E-state index contributed by atoms with van der Waals surface area (Å²) in [5, 5.41) is 10.5. The van der Waals surface area contributed by atoms with Crippen LogP contribution in [0.15, 0.2) is 30.5 Å². The summed E-state index contributed by atoms with van der Waals surface area (Å²) in [4.78, 5) is 11.4. The normalized spacial score (nSPS) is 10.2. The molecule has 2 rings (SSSR count). The van der Waals surface area contributed by atoms with Gasteiger partial charge in [-0.05, 0) is 31.2 Å². The minimum atomic E-state index is -0.0926. The molecule has 2 aromatic rings. The van der Waals surface area contributed by atoms with Crippen molar-refractivity contribution >= 4 is 5.91 Å². The molecular weight excluding hydrogens is 272 g/mol. The van der Waals surface area contributed by atoms with Gasteiger partial charge in [0.05, 0.1) is 13.3 Å². The summed E-state index contributed by atoms with van der Waals surface area (Å²) < 4.78 is 12.1. The maximum absolute atomic E-state index is 11.4. The fraction of sp³-hybridized carbons (Fsp3) is 0.357. The first kappa shape index (κ1) is 14.8. The van der Waals surface area contributed by atoms with Crippen LogP contribution < -0.4 is 14.8 Å². The lowest BCUT2D eigenvalue weighted by atomic mass is 10.3. The second kappa shape index (κ2) is 7.28. The van der Waals surface area contributed by atoms with Gasteiger partial charge in [-0.3, -0.25) is 4.79 Å². The molecule has 0 bridgehead atoms. The van der Waals surface area contributed by atoms with Crippen LogP contribution in [0.25, 0.3) is 0 Å². The number of rotatable bonds is 7. The molecule has 0 saturated carbocycles. The number of methoxy groups -OCH3 is 1. The summed E-state index contributed by atoms with van der Waals surface area (Å²) in [6, 6.07) is 7.28. The Labute approximate surface area is 122 Å². The summed E-state index contributed by atoms with van der Waals surface area (Å²) in [5.74, 6) is 1.40. The Morgan fingerprint density at radius 1 is 1.29 bits per heavy atom. The number of hydrogen-bond donors (Lipinski definition) is 1. The third kappa shape index (κ3) is 4.48. The van der Waals surface area contributed by atoms with Crippen LogP contribution in [0.3, 0.4) is 0 Å². The zero-order valence-electron chi connectivity index (χ0n) is 12.1. The Kier molecular flexibility index (Phi) is 5.14. The number of amides is 1. The SMILES string of the molecule is CCNC(=O)Cn1cc(COc2ccc(OC)cc2)nn1. The van der Waals surface area contributed by atoms with Crippen LogP contribution in [0.4, 0.5) is 0 Å². The standard InChI is InChI=1S/C14H18N4O3/c1-3-15-14(19)9-18-8-11(16-17-18)10-21-13-6-4-12(20-2)5-7-13/h4-8H,3,9-10H2,1-2H3,(H,15,19). The average Bonchev–Trinajstić information content (AvgIpc) is 2.93. The van der Waals surface area contributed by atoms with Gasteiger partial charge in [0.25, 0.3) is 0 Å². The molecule has 1 heterocycles. The smallest absolute Gasteiger partial charge is 0.241 e. The maximum atomic E-state index is 11.4. The molecule has 21 heavy (non-hydrogen) atoms. The Morgan fingerprint density at radius 3 is 2.67 bits per heavy atom. The highest BCUT2D eigenvalue weighted by Crippen LogP contribution is 2.17. The van der Waals surface area contributed by atoms with Gasteiger partial charge in [-0.1, -0.05) is 5.21 Å². The molecule has 1 amide bonds. The van der Waals surface area contributed by atoms with Gasteiger partial charge in [-0.15, -0.1) is 5.10 Å². The largest absolute Gasteiger partial charge is 0.497 e. The first-order chi connectivity index (χ1) is 10.2. The van der Waals surface area contributed by atoms with Crippen molar-refractivity contribution in [1.82, 2.24) is 20.3 Å². The van der Waals surface area contributed by atoms with Crippen molar-refractivity contribution in [3.05, 3.63) is 36.2 Å². The van der Waals surface area contributed by atoms with E-state index in [9.17, 15) is 4.79 Å². The lowest BCUT2D eigenvalue weighted by molar-refractivity contribution is -0.121. The molecule has 0 aliphatic heterocycles. The third-order valence-electron chi connectivity index (χ3n) is 2.71. The topological polar surface area (TPSA) is 78.3 Å². The molecule has 112 valence electrons. The molecule has 1 aromatic carbocycles. The lowest BCUT2D eigenvalue weighted by Gasteiger charge is -2.04. The highest BCUT2D eigenvalue weighted by atomic mass is 16.5. The van der Waals surface area contributed by atoms with E-state index in [1.165, 1.54) is 4.68 Å². The molecule has 0 aliphatic rings. The van der Waals surface area contributed by atoms with Crippen molar-refractivity contribution in [1.29, 1.82) is 0 Å². The van der Waals surface area contributed by atoms with Crippen molar-refractivity contribution in [2.45, 2.75) is 20.1 Å². The summed E-state index contributed by atoms with van der Waals surface area (Å²) in [6.07, 6.45) is 1.69. The average molecular weight is 290 g/mol. The minimum Gasteiger partial charge on any atom is -0.497 e. The quantitative estimate of drug-likeness (QED) is 0.823. The van der Waals surface area contributed by atoms with Crippen LogP contribution in [-0.2, 0) is 17.9 Å². The van der Waals surface area contributed by atoms with Crippen molar-refractivity contribution in [3.63, 3.8) is 0 Å². The Hall–Kier alpha value is -2.57. The highest BCUT2D eigenvalue weighted by molar-refractivity contribution is 5.75. The van der Waals surface area contributed by atoms with Crippen LogP contribution >= 0.6 is 0 Å². The van der Waals surface area contributed by atoms with Crippen LogP contribution in [0, 0.1) is 0 Å². The number of hydrogen-bond acceptors (Lipinski definition) is 5. The molecule has 7 heteroatoms. The fourth-order valence-electron chi connectivity index (χ4n) is 1.71. The van der Waals surface area contributed by atoms with E-state index in [2.05, 4.69) is 15.6 Å². The first-order valence-corrected chi connectivity index (χ1v) is 6.64. The molecule has 0 unspecified atom stereocenters. The molecule has 0 spiro atoms. The van der Waals surface area contributed by atoms with E-state index < -0.39 is 0 Å². The lowest BCUT2D eigenvalue weighted by Crippen LogP contribution is -2.27. The number of aromatic nitrogens is 3. The Morgan fingerprint density at radius 2 is 2.00 bits per heavy atom. The zero-order valence-corrected chi connectivity index (χ0v) is 12.1. The van der Waals surface area contributed by atoms with E-state index in [0.717, 1.165) is 5.75 Å². The van der Waals surface area contributed by atoms with Crippen molar-refractivity contribution < 1.29 is 14.3 Å². The predicted molar refractivity (Wildman–Crippen MR) is 76.0 cm³/mol. The van der Waals surface area contributed by atoms with E-state index in [4.69, 9.17) is 9.47 Å². The van der Waals surface area contributed by atoms with E-state index in [1.54, 1.807) is 13.3 Å². The van der Waals surface area contributed by atoms with E-state index in [1.807, 2.05) is 31.2 Å². The fourth-order valence-corrected chi connectivity index (χ4v) is 1.71. The number of likely N-dealkylation sites (N-methyl/N-ethyl adjacent to an activating group) is 1. The Bertz CT molecular complexity index is 580. The van der Waals surface area contributed by atoms with Crippen LogP contribution in [0.1, 0.15) is 12.6 Å². The summed E-state index contributed by atoms with van der Waals surface area (Å²) in [7, 11) is 1.61. The van der Waals surface area contributed by atoms with E-state index >= 15 is 0 Å². The number of carbonyl (C=O) groups is 1. The first-order valence-electron chi connectivity index (χ1n) is 6.64. The maximum Gasteiger partial charge on any atom is 0.241 e. The van der Waals surface area contributed by atoms with E-state index in [0.29, 0.717) is 24.6 Å². The molecule has 0 radical (unpaired) electrons. The monoisotopic (exact) mass is 290 g/mol. The van der Waals surface area contributed by atoms with Crippen molar-refractivity contribution in [2.75, 3.05) is 13.7 Å². The molecule has 0 fully saturated rings. The van der Waals surface area contributed by atoms with Crippen molar-refractivity contribution in [2.24, 2.45) is 0 Å². The summed E-state index contributed by atoms with van der Waals surface area (Å²) in [6.45, 7) is 2.92. The third-order valence-corrected chi connectivity index (χ3v) is 2.71. The second-order valence-electron chi connectivity index (χ2n) is 4.33. The molecule has 0 saturated heterocycles. The van der Waals surface area contributed by atoms with Gasteiger partial charge in [0.1, 0.15) is 30.3 Å². The summed E-state index contributed by atoms with van der Waals surface area (Å²) >= 11 is 0. The molecule has 1 aromatic heterocycles. The number of ether oxygens (including phenoxy) is 2. The van der Waals surface area contributed by atoms with Gasteiger partial charge in [-0.2, -0.15) is 0 Å². The number of carbonyl (C=O) groups excluding carboxylic acids is 1. The van der Waals surface area contributed by atoms with Gasteiger partial charge in [-0.25, -0.2) is 4.68 Å². The molecular formula is C14H18N4O3. The molecule has 1 N–H and O–H groups in total. The van der Waals surface area contributed by atoms with Crippen LogP contribution in [0.5, 0.6) is 11.5 Å². The predicted octanol–water partition coefficient (Wildman–Crippen LogP) is 1.00. The van der Waals surface area contributed by atoms with Gasteiger partial charge < -0.3 is 14.8 Å². The van der Waals surface area contributed by atoms with Gasteiger partial charge in [0.2, 0.25) is 5.91 Å². The molecule has 0 aliphatic carbocycles. The summed E-state index contributed by atoms with van der Waals surface area (Å²) in [5.41, 5.74) is 0.662. The van der Waals surface area contributed by atoms with Crippen LogP contribution in [-0.4, -0.2) is 34.6 Å². The minimum absolute atomic E-state index is 0.0926. The van der Waals surface area contributed by atoms with Gasteiger partial charge >= 0.3 is 0 Å². The van der Waals surface area contributed by atoms with E-state index in [-0.39, 0.29) is 12.5 Å². The number of nitrogens with one attached hydrogen (secondary N) is 1. The highest BCUT2D eigenvalue weighted by Gasteiger charge is 2.06. The van der Waals surface area contributed by atoms with Gasteiger partial charge in [0, 0.05) is 6.54 Å². The number of nitrogens with zero attached hydrogens (tertiary/aromatic N) is 3. The molecule has 7 nitrogen and oxygen atoms in total. The van der Waals surface area contributed by atoms with Gasteiger partial charge in [0.15, 0.2) is 0 Å².